The highest BCUT2D eigenvalue weighted by molar-refractivity contribution is 5.92. The molecule has 0 aliphatic carbocycles. The van der Waals surface area contributed by atoms with Crippen molar-refractivity contribution in [1.29, 1.82) is 0 Å². The Kier molecular flexibility index (Phi) is 10.1. The summed E-state index contributed by atoms with van der Waals surface area (Å²) in [4.78, 5) is 15.9. The molecular weight excluding hydrogens is 329 g/mol. The third-order valence-electron chi connectivity index (χ3n) is 2.54. The Hall–Kier alpha value is -1.67. The Morgan fingerprint density at radius 2 is 2.18 bits per heavy atom. The predicted molar refractivity (Wildman–Crippen MR) is 89.2 cm³/mol. The fourth-order valence-electron chi connectivity index (χ4n) is 1.58. The van der Waals surface area contributed by atoms with Crippen LogP contribution < -0.4 is 10.6 Å². The lowest BCUT2D eigenvalue weighted by Crippen LogP contribution is -2.30. The molecule has 2 rings (SSSR count). The van der Waals surface area contributed by atoms with E-state index >= 15 is 0 Å². The number of hydrogen-bond donors (Lipinski definition) is 2. The maximum atomic E-state index is 11.6. The SMILES string of the molecule is COCCNCC(=O)Nc1ccc(-n2cccn2)nc1.Cl.Cl. The molecule has 2 N–H and O–H groups in total. The van der Waals surface area contributed by atoms with E-state index in [9.17, 15) is 4.79 Å². The molecule has 2 heterocycles. The predicted octanol–water partition coefficient (Wildman–Crippen LogP) is 1.29. The largest absolute Gasteiger partial charge is 0.383 e. The van der Waals surface area contributed by atoms with Crippen molar-refractivity contribution >= 4 is 36.4 Å². The first-order chi connectivity index (χ1) is 9.79. The van der Waals surface area contributed by atoms with Crippen LogP contribution in [0.2, 0.25) is 0 Å². The molecule has 0 radical (unpaired) electrons. The van der Waals surface area contributed by atoms with Gasteiger partial charge in [0, 0.05) is 26.0 Å². The summed E-state index contributed by atoms with van der Waals surface area (Å²) in [5.41, 5.74) is 0.652. The number of aromatic nitrogens is 3. The van der Waals surface area contributed by atoms with Crippen LogP contribution in [0, 0.1) is 0 Å². The molecule has 0 aliphatic rings. The number of pyridine rings is 1. The number of carbonyl (C=O) groups excluding carboxylic acids is 1. The maximum absolute atomic E-state index is 11.6. The third kappa shape index (κ3) is 6.40. The molecule has 2 aromatic rings. The number of rotatable bonds is 7. The van der Waals surface area contributed by atoms with E-state index in [0.29, 0.717) is 24.7 Å². The molecule has 0 fully saturated rings. The molecule has 0 aliphatic heterocycles. The van der Waals surface area contributed by atoms with Gasteiger partial charge in [-0.2, -0.15) is 5.10 Å². The topological polar surface area (TPSA) is 81.1 Å². The summed E-state index contributed by atoms with van der Waals surface area (Å²) in [6, 6.07) is 5.40. The molecule has 7 nitrogen and oxygen atoms in total. The molecule has 122 valence electrons. The van der Waals surface area contributed by atoms with Crippen molar-refractivity contribution in [3.05, 3.63) is 36.8 Å². The Morgan fingerprint density at radius 1 is 1.36 bits per heavy atom. The lowest BCUT2D eigenvalue weighted by molar-refractivity contribution is -0.115. The summed E-state index contributed by atoms with van der Waals surface area (Å²) in [5, 5.41) is 9.81. The van der Waals surface area contributed by atoms with E-state index in [-0.39, 0.29) is 37.3 Å². The minimum absolute atomic E-state index is 0. The van der Waals surface area contributed by atoms with E-state index in [4.69, 9.17) is 4.74 Å². The van der Waals surface area contributed by atoms with Gasteiger partial charge in [0.2, 0.25) is 5.91 Å². The highest BCUT2D eigenvalue weighted by Gasteiger charge is 2.03. The highest BCUT2D eigenvalue weighted by Crippen LogP contribution is 2.08. The summed E-state index contributed by atoms with van der Waals surface area (Å²) in [6.45, 7) is 1.46. The number of hydrogen-bond acceptors (Lipinski definition) is 5. The molecular formula is C13H19Cl2N5O2. The standard InChI is InChI=1S/C13H17N5O2.2ClH/c1-20-8-6-14-10-13(19)17-11-3-4-12(15-9-11)18-7-2-5-16-18;;/h2-5,7,9,14H,6,8,10H2,1H3,(H,17,19);2*1H. The van der Waals surface area contributed by atoms with Crippen LogP contribution in [0.25, 0.3) is 5.82 Å². The van der Waals surface area contributed by atoms with Gasteiger partial charge in [-0.1, -0.05) is 0 Å². The maximum Gasteiger partial charge on any atom is 0.238 e. The average molecular weight is 348 g/mol. The van der Waals surface area contributed by atoms with Crippen LogP contribution in [0.4, 0.5) is 5.69 Å². The van der Waals surface area contributed by atoms with Gasteiger partial charge < -0.3 is 15.4 Å². The van der Waals surface area contributed by atoms with E-state index in [1.807, 2.05) is 6.07 Å². The highest BCUT2D eigenvalue weighted by atomic mass is 35.5. The Labute approximate surface area is 141 Å². The van der Waals surface area contributed by atoms with Crippen LogP contribution in [0.3, 0.4) is 0 Å². The van der Waals surface area contributed by atoms with Crippen LogP contribution in [-0.2, 0) is 9.53 Å². The van der Waals surface area contributed by atoms with Gasteiger partial charge in [-0.05, 0) is 18.2 Å². The first-order valence-corrected chi connectivity index (χ1v) is 6.25. The normalized spacial score (nSPS) is 9.50. The Bertz CT molecular complexity index is 534. The van der Waals surface area contributed by atoms with Crippen molar-refractivity contribution in [3.8, 4) is 5.82 Å². The monoisotopic (exact) mass is 347 g/mol. The average Bonchev–Trinajstić information content (AvgIpc) is 2.99. The molecule has 2 aromatic heterocycles. The van der Waals surface area contributed by atoms with Gasteiger partial charge >= 0.3 is 0 Å². The van der Waals surface area contributed by atoms with Gasteiger partial charge in [0.25, 0.3) is 0 Å². The van der Waals surface area contributed by atoms with E-state index < -0.39 is 0 Å². The summed E-state index contributed by atoms with van der Waals surface area (Å²) in [7, 11) is 1.62. The van der Waals surface area contributed by atoms with Crippen LogP contribution in [0.1, 0.15) is 0 Å². The van der Waals surface area contributed by atoms with Gasteiger partial charge in [-0.25, -0.2) is 9.67 Å². The van der Waals surface area contributed by atoms with Crippen LogP contribution >= 0.6 is 24.8 Å². The van der Waals surface area contributed by atoms with Crippen molar-refractivity contribution in [1.82, 2.24) is 20.1 Å². The molecule has 0 bridgehead atoms. The second-order valence-corrected chi connectivity index (χ2v) is 4.07. The molecule has 0 unspecified atom stereocenters. The molecule has 0 saturated heterocycles. The minimum atomic E-state index is -0.116. The van der Waals surface area contributed by atoms with Gasteiger partial charge in [-0.3, -0.25) is 4.79 Å². The lowest BCUT2D eigenvalue weighted by atomic mass is 10.4. The number of carbonyl (C=O) groups is 1. The fourth-order valence-corrected chi connectivity index (χ4v) is 1.58. The van der Waals surface area contributed by atoms with E-state index in [1.54, 1.807) is 42.5 Å². The van der Waals surface area contributed by atoms with Gasteiger partial charge in [-0.15, -0.1) is 24.8 Å². The fraction of sp³-hybridized carbons (Fsp3) is 0.308. The zero-order chi connectivity index (χ0) is 14.2. The number of nitrogens with zero attached hydrogens (tertiary/aromatic N) is 3. The molecule has 9 heteroatoms. The first-order valence-electron chi connectivity index (χ1n) is 6.25. The number of amides is 1. The second kappa shape index (κ2) is 11.0. The second-order valence-electron chi connectivity index (χ2n) is 4.07. The molecule has 1 amide bonds. The van der Waals surface area contributed by atoms with Gasteiger partial charge in [0.05, 0.1) is 25.0 Å². The van der Waals surface area contributed by atoms with Crippen molar-refractivity contribution in [2.75, 3.05) is 32.1 Å². The van der Waals surface area contributed by atoms with Gasteiger partial charge in [0.1, 0.15) is 0 Å². The molecule has 0 aromatic carbocycles. The summed E-state index contributed by atoms with van der Waals surface area (Å²) in [6.07, 6.45) is 5.09. The van der Waals surface area contributed by atoms with Crippen molar-refractivity contribution in [2.45, 2.75) is 0 Å². The quantitative estimate of drug-likeness (QED) is 0.737. The lowest BCUT2D eigenvalue weighted by Gasteiger charge is -2.07. The number of ether oxygens (including phenoxy) is 1. The third-order valence-corrected chi connectivity index (χ3v) is 2.54. The van der Waals surface area contributed by atoms with E-state index in [2.05, 4.69) is 20.7 Å². The van der Waals surface area contributed by atoms with Crippen molar-refractivity contribution in [3.63, 3.8) is 0 Å². The first kappa shape index (κ1) is 20.3. The Morgan fingerprint density at radius 3 is 2.77 bits per heavy atom. The Balaban J connectivity index is 0.00000220. The van der Waals surface area contributed by atoms with E-state index in [1.165, 1.54) is 0 Å². The molecule has 0 saturated carbocycles. The summed E-state index contributed by atoms with van der Waals surface area (Å²) >= 11 is 0. The molecule has 0 atom stereocenters. The van der Waals surface area contributed by atoms with E-state index in [0.717, 1.165) is 0 Å². The minimum Gasteiger partial charge on any atom is -0.383 e. The number of halogens is 2. The zero-order valence-electron chi connectivity index (χ0n) is 12.1. The summed E-state index contributed by atoms with van der Waals surface area (Å²) in [5.74, 6) is 0.584. The van der Waals surface area contributed by atoms with Crippen molar-refractivity contribution in [2.24, 2.45) is 0 Å². The molecule has 22 heavy (non-hydrogen) atoms. The zero-order valence-corrected chi connectivity index (χ0v) is 13.7. The number of anilines is 1. The summed E-state index contributed by atoms with van der Waals surface area (Å²) < 4.78 is 6.53. The number of nitrogens with one attached hydrogen (secondary N) is 2. The smallest absolute Gasteiger partial charge is 0.238 e. The van der Waals surface area contributed by atoms with Crippen LogP contribution in [-0.4, -0.2) is 47.5 Å². The van der Waals surface area contributed by atoms with Crippen molar-refractivity contribution < 1.29 is 9.53 Å². The van der Waals surface area contributed by atoms with Gasteiger partial charge in [0.15, 0.2) is 5.82 Å². The molecule has 0 spiro atoms. The number of methoxy groups -OCH3 is 1. The van der Waals surface area contributed by atoms with Crippen LogP contribution in [0.5, 0.6) is 0 Å². The van der Waals surface area contributed by atoms with Crippen LogP contribution in [0.15, 0.2) is 36.8 Å².